The van der Waals surface area contributed by atoms with Crippen LogP contribution in [0.3, 0.4) is 0 Å². The van der Waals surface area contributed by atoms with Gasteiger partial charge in [0, 0.05) is 11.5 Å². The first-order valence-electron chi connectivity index (χ1n) is 8.01. The van der Waals surface area contributed by atoms with Gasteiger partial charge in [0.05, 0.1) is 10.9 Å². The minimum atomic E-state index is 0.199. The van der Waals surface area contributed by atoms with Gasteiger partial charge in [-0.2, -0.15) is 4.57 Å². The van der Waals surface area contributed by atoms with Gasteiger partial charge in [0.15, 0.2) is 5.75 Å². The number of fused-ring (bicyclic) bond motifs is 3. The maximum atomic E-state index is 10.9. The van der Waals surface area contributed by atoms with Gasteiger partial charge >= 0.3 is 0 Å². The highest BCUT2D eigenvalue weighted by Gasteiger charge is 2.33. The molecule has 0 fully saturated rings. The highest BCUT2D eigenvalue weighted by atomic mass is 16.5. The molecule has 3 nitrogen and oxygen atoms in total. The first-order valence-corrected chi connectivity index (χ1v) is 8.01. The Bertz CT molecular complexity index is 1160. The highest BCUT2D eigenvalue weighted by molar-refractivity contribution is 6.05. The van der Waals surface area contributed by atoms with Crippen molar-refractivity contribution < 1.29 is 14.4 Å². The zero-order valence-corrected chi connectivity index (χ0v) is 13.5. The van der Waals surface area contributed by atoms with Crippen LogP contribution in [0.2, 0.25) is 0 Å². The van der Waals surface area contributed by atoms with Gasteiger partial charge in [-0.15, -0.1) is 0 Å². The van der Waals surface area contributed by atoms with E-state index >= 15 is 0 Å². The van der Waals surface area contributed by atoms with E-state index in [-0.39, 0.29) is 5.75 Å². The normalized spacial score (nSPS) is 12.2. The Kier molecular flexibility index (Phi) is 2.50. The fourth-order valence-corrected chi connectivity index (χ4v) is 3.80. The lowest BCUT2D eigenvalue weighted by atomic mass is 9.93. The number of aromatic nitrogens is 1. The molecule has 5 rings (SSSR count). The molecule has 0 unspecified atom stereocenters. The second kappa shape index (κ2) is 4.48. The lowest BCUT2D eigenvalue weighted by molar-refractivity contribution is -0.633. The Balaban J connectivity index is 2.06. The van der Waals surface area contributed by atoms with E-state index in [4.69, 9.17) is 4.74 Å². The molecule has 4 aromatic rings. The minimum absolute atomic E-state index is 0.199. The molecule has 0 radical (unpaired) electrons. The third-order valence-corrected chi connectivity index (χ3v) is 4.95. The van der Waals surface area contributed by atoms with E-state index in [0.29, 0.717) is 5.75 Å². The fourth-order valence-electron chi connectivity index (χ4n) is 3.80. The second-order valence-corrected chi connectivity index (χ2v) is 6.32. The maximum absolute atomic E-state index is 10.9. The van der Waals surface area contributed by atoms with Gasteiger partial charge in [-0.1, -0.05) is 36.4 Å². The van der Waals surface area contributed by atoms with Crippen molar-refractivity contribution in [1.29, 1.82) is 0 Å². The molecule has 1 aromatic heterocycles. The standard InChI is InChI=1S/C21H15NO2/c1-12-10-11-13-6-5-9-16-18(13)17(12)19-21(24-16)20(23)14-7-3-4-8-15(14)22(19)2/h3-11H,1-2H3/p+1. The van der Waals surface area contributed by atoms with Crippen LogP contribution in [0.15, 0.2) is 54.6 Å². The van der Waals surface area contributed by atoms with Crippen LogP contribution >= 0.6 is 0 Å². The number of aromatic hydroxyl groups is 1. The summed E-state index contributed by atoms with van der Waals surface area (Å²) in [7, 11) is 2.02. The summed E-state index contributed by atoms with van der Waals surface area (Å²) in [4.78, 5) is 0. The van der Waals surface area contributed by atoms with Gasteiger partial charge in [0.1, 0.15) is 12.8 Å². The molecule has 0 bridgehead atoms. The lowest BCUT2D eigenvalue weighted by Gasteiger charge is -2.22. The summed E-state index contributed by atoms with van der Waals surface area (Å²) < 4.78 is 8.27. The van der Waals surface area contributed by atoms with Gasteiger partial charge in [-0.25, -0.2) is 0 Å². The quantitative estimate of drug-likeness (QED) is 0.424. The van der Waals surface area contributed by atoms with E-state index < -0.39 is 0 Å². The molecule has 0 aliphatic carbocycles. The number of aryl methyl sites for hydroxylation is 2. The first-order chi connectivity index (χ1) is 11.7. The molecular formula is C21H16NO2+. The summed E-state index contributed by atoms with van der Waals surface area (Å²) in [5.74, 6) is 1.53. The zero-order valence-electron chi connectivity index (χ0n) is 13.5. The number of ether oxygens (including phenoxy) is 1. The van der Waals surface area contributed by atoms with Crippen LogP contribution in [0.4, 0.5) is 0 Å². The molecule has 0 atom stereocenters. The number of nitrogens with zero attached hydrogens (tertiary/aromatic N) is 1. The molecule has 1 aliphatic heterocycles. The van der Waals surface area contributed by atoms with Gasteiger partial charge in [0.2, 0.25) is 11.3 Å². The SMILES string of the molecule is Cc1ccc2cccc3c2c1-c1c(c(O)c2ccccc2[n+]1C)O3. The van der Waals surface area contributed by atoms with Gasteiger partial charge in [0.25, 0.3) is 5.69 Å². The van der Waals surface area contributed by atoms with Crippen molar-refractivity contribution in [3.05, 3.63) is 60.2 Å². The number of hydrogen-bond acceptors (Lipinski definition) is 2. The summed E-state index contributed by atoms with van der Waals surface area (Å²) in [6.07, 6.45) is 0. The topological polar surface area (TPSA) is 33.3 Å². The summed E-state index contributed by atoms with van der Waals surface area (Å²) in [6, 6.07) is 18.1. The van der Waals surface area contributed by atoms with Crippen LogP contribution in [0.1, 0.15) is 5.56 Å². The molecule has 0 saturated heterocycles. The molecule has 0 spiro atoms. The number of rotatable bonds is 0. The Morgan fingerprint density at radius 3 is 2.67 bits per heavy atom. The molecule has 3 aromatic carbocycles. The van der Waals surface area contributed by atoms with E-state index in [1.54, 1.807) is 0 Å². The van der Waals surface area contributed by atoms with Crippen LogP contribution in [0.25, 0.3) is 32.9 Å². The van der Waals surface area contributed by atoms with Crippen LogP contribution in [0.5, 0.6) is 17.2 Å². The summed E-state index contributed by atoms with van der Waals surface area (Å²) in [6.45, 7) is 2.10. The summed E-state index contributed by atoms with van der Waals surface area (Å²) in [5, 5.41) is 13.9. The van der Waals surface area contributed by atoms with Crippen molar-refractivity contribution in [3.63, 3.8) is 0 Å². The monoisotopic (exact) mass is 314 g/mol. The maximum Gasteiger partial charge on any atom is 0.260 e. The van der Waals surface area contributed by atoms with Crippen LogP contribution in [-0.4, -0.2) is 5.11 Å². The molecule has 0 saturated carbocycles. The van der Waals surface area contributed by atoms with Crippen LogP contribution in [0, 0.1) is 6.92 Å². The van der Waals surface area contributed by atoms with E-state index in [9.17, 15) is 5.11 Å². The van der Waals surface area contributed by atoms with Crippen molar-refractivity contribution in [2.24, 2.45) is 7.05 Å². The van der Waals surface area contributed by atoms with E-state index in [1.807, 2.05) is 43.4 Å². The number of hydrogen-bond donors (Lipinski definition) is 1. The largest absolute Gasteiger partial charge is 0.503 e. The lowest BCUT2D eigenvalue weighted by Crippen LogP contribution is -2.33. The highest BCUT2D eigenvalue weighted by Crippen LogP contribution is 2.51. The Labute approximate surface area is 139 Å². The molecule has 116 valence electrons. The van der Waals surface area contributed by atoms with Crippen molar-refractivity contribution in [2.45, 2.75) is 6.92 Å². The van der Waals surface area contributed by atoms with E-state index in [0.717, 1.165) is 38.7 Å². The number of pyridine rings is 1. The number of para-hydroxylation sites is 1. The van der Waals surface area contributed by atoms with Crippen LogP contribution in [-0.2, 0) is 7.05 Å². The van der Waals surface area contributed by atoms with E-state index in [1.165, 1.54) is 5.56 Å². The Morgan fingerprint density at radius 1 is 0.958 bits per heavy atom. The third kappa shape index (κ3) is 1.54. The summed E-state index contributed by atoms with van der Waals surface area (Å²) >= 11 is 0. The molecule has 0 amide bonds. The predicted octanol–water partition coefficient (Wildman–Crippen LogP) is 4.60. The van der Waals surface area contributed by atoms with Gasteiger partial charge < -0.3 is 9.84 Å². The molecule has 2 heterocycles. The van der Waals surface area contributed by atoms with Crippen LogP contribution < -0.4 is 9.30 Å². The smallest absolute Gasteiger partial charge is 0.260 e. The van der Waals surface area contributed by atoms with Gasteiger partial charge in [-0.05, 0) is 30.0 Å². The predicted molar refractivity (Wildman–Crippen MR) is 94.5 cm³/mol. The molecule has 3 heteroatoms. The molecule has 1 N–H and O–H groups in total. The molecule has 24 heavy (non-hydrogen) atoms. The third-order valence-electron chi connectivity index (χ3n) is 4.95. The zero-order chi connectivity index (χ0) is 16.4. The van der Waals surface area contributed by atoms with Crippen molar-refractivity contribution >= 4 is 21.7 Å². The van der Waals surface area contributed by atoms with Crippen molar-refractivity contribution in [1.82, 2.24) is 0 Å². The summed E-state index contributed by atoms with van der Waals surface area (Å²) in [5.41, 5.74) is 4.21. The molecular weight excluding hydrogens is 298 g/mol. The van der Waals surface area contributed by atoms with E-state index in [2.05, 4.69) is 29.7 Å². The Morgan fingerprint density at radius 2 is 1.79 bits per heavy atom. The molecule has 1 aliphatic rings. The Hall–Kier alpha value is -3.07. The van der Waals surface area contributed by atoms with Crippen molar-refractivity contribution in [3.8, 4) is 28.5 Å². The van der Waals surface area contributed by atoms with Gasteiger partial charge in [-0.3, -0.25) is 0 Å². The first kappa shape index (κ1) is 13.4. The second-order valence-electron chi connectivity index (χ2n) is 6.32. The average molecular weight is 314 g/mol. The number of benzene rings is 3. The van der Waals surface area contributed by atoms with Crippen molar-refractivity contribution in [2.75, 3.05) is 0 Å². The average Bonchev–Trinajstić information content (AvgIpc) is 2.62. The minimum Gasteiger partial charge on any atom is -0.503 e. The fraction of sp³-hybridized carbons (Fsp3) is 0.0952.